The summed E-state index contributed by atoms with van der Waals surface area (Å²) < 4.78 is 39.2. The van der Waals surface area contributed by atoms with Crippen molar-refractivity contribution in [1.29, 1.82) is 0 Å². The van der Waals surface area contributed by atoms with Crippen LogP contribution < -0.4 is 10.6 Å². The fourth-order valence-corrected chi connectivity index (χ4v) is 2.36. The highest BCUT2D eigenvalue weighted by atomic mass is 19.4. The number of fused-ring (bicyclic) bond motifs is 1. The van der Waals surface area contributed by atoms with Crippen molar-refractivity contribution in [2.24, 2.45) is 0 Å². The molecule has 0 bridgehead atoms. The van der Waals surface area contributed by atoms with E-state index in [1.54, 1.807) is 18.2 Å². The molecule has 1 aliphatic rings. The molecule has 2 amide bonds. The van der Waals surface area contributed by atoms with Crippen LogP contribution in [0.1, 0.15) is 22.7 Å². The summed E-state index contributed by atoms with van der Waals surface area (Å²) in [6.45, 7) is 0. The Kier molecular flexibility index (Phi) is 3.04. The summed E-state index contributed by atoms with van der Waals surface area (Å²) in [6, 6.07) is 5.84. The van der Waals surface area contributed by atoms with Crippen molar-refractivity contribution < 1.29 is 18.0 Å². The van der Waals surface area contributed by atoms with E-state index in [4.69, 9.17) is 0 Å². The Morgan fingerprint density at radius 3 is 2.48 bits per heavy atom. The van der Waals surface area contributed by atoms with E-state index in [2.05, 4.69) is 15.6 Å². The number of para-hydroxylation sites is 1. The Labute approximate surface area is 118 Å². The zero-order valence-corrected chi connectivity index (χ0v) is 10.6. The highest BCUT2D eigenvalue weighted by Gasteiger charge is 2.38. The lowest BCUT2D eigenvalue weighted by molar-refractivity contribution is -0.137. The second-order valence-corrected chi connectivity index (χ2v) is 4.58. The van der Waals surface area contributed by atoms with Gasteiger partial charge in [-0.05, 0) is 23.8 Å². The number of hydrogen-bond donors (Lipinski definition) is 2. The Morgan fingerprint density at radius 2 is 1.81 bits per heavy atom. The molecule has 0 spiro atoms. The number of nitrogens with one attached hydrogen (secondary N) is 2. The summed E-state index contributed by atoms with van der Waals surface area (Å²) in [6.07, 6.45) is -1.48. The minimum absolute atomic E-state index is 0.199. The van der Waals surface area contributed by atoms with Gasteiger partial charge in [-0.3, -0.25) is 4.98 Å². The number of halogens is 3. The monoisotopic (exact) mass is 293 g/mol. The van der Waals surface area contributed by atoms with E-state index in [9.17, 15) is 18.0 Å². The van der Waals surface area contributed by atoms with Crippen molar-refractivity contribution in [2.45, 2.75) is 12.2 Å². The number of aromatic nitrogens is 1. The standard InChI is InChI=1S/C14H10F3N3O/c15-14(16,17)10-3-1-2-9-11(8-4-6-18-7-5-8)19-13(21)20-12(9)10/h1-7,11H,(H2,19,20,21). The maximum atomic E-state index is 13.1. The maximum absolute atomic E-state index is 13.1. The summed E-state index contributed by atoms with van der Waals surface area (Å²) in [4.78, 5) is 15.5. The van der Waals surface area contributed by atoms with E-state index in [0.717, 1.165) is 6.07 Å². The number of pyridine rings is 1. The van der Waals surface area contributed by atoms with Gasteiger partial charge in [0.2, 0.25) is 0 Å². The third-order valence-corrected chi connectivity index (χ3v) is 3.27. The second-order valence-electron chi connectivity index (χ2n) is 4.58. The van der Waals surface area contributed by atoms with Gasteiger partial charge in [-0.2, -0.15) is 13.2 Å². The number of rotatable bonds is 1. The zero-order valence-electron chi connectivity index (χ0n) is 10.6. The molecule has 21 heavy (non-hydrogen) atoms. The lowest BCUT2D eigenvalue weighted by atomic mass is 9.94. The molecule has 0 fully saturated rings. The van der Waals surface area contributed by atoms with Crippen LogP contribution in [0.3, 0.4) is 0 Å². The van der Waals surface area contributed by atoms with Crippen LogP contribution in [0.25, 0.3) is 0 Å². The summed E-state index contributed by atoms with van der Waals surface area (Å²) in [5, 5.41) is 4.87. The first-order valence-corrected chi connectivity index (χ1v) is 6.14. The number of nitrogens with zero attached hydrogens (tertiary/aromatic N) is 1. The van der Waals surface area contributed by atoms with Gasteiger partial charge in [0, 0.05) is 18.0 Å². The molecular formula is C14H10F3N3O. The smallest absolute Gasteiger partial charge is 0.327 e. The van der Waals surface area contributed by atoms with E-state index in [0.29, 0.717) is 11.1 Å². The van der Waals surface area contributed by atoms with Crippen molar-refractivity contribution in [3.63, 3.8) is 0 Å². The molecule has 1 atom stereocenters. The van der Waals surface area contributed by atoms with E-state index in [1.165, 1.54) is 18.5 Å². The molecule has 1 aromatic heterocycles. The number of carbonyl (C=O) groups excluding carboxylic acids is 1. The summed E-state index contributed by atoms with van der Waals surface area (Å²) in [7, 11) is 0. The minimum Gasteiger partial charge on any atom is -0.327 e. The van der Waals surface area contributed by atoms with Gasteiger partial charge in [0.25, 0.3) is 0 Å². The Hall–Kier alpha value is -2.57. The molecule has 3 rings (SSSR count). The lowest BCUT2D eigenvalue weighted by Crippen LogP contribution is -2.39. The molecule has 0 saturated heterocycles. The number of benzene rings is 1. The SMILES string of the molecule is O=C1Nc2c(cccc2C(F)(F)F)C(c2ccncc2)N1. The largest absolute Gasteiger partial charge is 0.418 e. The van der Waals surface area contributed by atoms with Gasteiger partial charge in [-0.25, -0.2) is 4.79 Å². The highest BCUT2D eigenvalue weighted by Crippen LogP contribution is 2.41. The number of alkyl halides is 3. The topological polar surface area (TPSA) is 54.0 Å². The van der Waals surface area contributed by atoms with Crippen LogP contribution in [0, 0.1) is 0 Å². The number of carbonyl (C=O) groups is 1. The number of urea groups is 1. The molecule has 0 aliphatic carbocycles. The molecule has 4 nitrogen and oxygen atoms in total. The molecule has 2 N–H and O–H groups in total. The molecular weight excluding hydrogens is 283 g/mol. The van der Waals surface area contributed by atoms with Gasteiger partial charge in [0.05, 0.1) is 17.3 Å². The third kappa shape index (κ3) is 2.42. The fourth-order valence-electron chi connectivity index (χ4n) is 2.36. The van der Waals surface area contributed by atoms with E-state index >= 15 is 0 Å². The molecule has 1 aromatic carbocycles. The first-order valence-electron chi connectivity index (χ1n) is 6.14. The lowest BCUT2D eigenvalue weighted by Gasteiger charge is -2.29. The molecule has 0 saturated carbocycles. The van der Waals surface area contributed by atoms with Gasteiger partial charge in [-0.15, -0.1) is 0 Å². The van der Waals surface area contributed by atoms with Crippen LogP contribution in [-0.2, 0) is 6.18 Å². The van der Waals surface area contributed by atoms with Crippen molar-refractivity contribution in [3.8, 4) is 0 Å². The molecule has 0 radical (unpaired) electrons. The highest BCUT2D eigenvalue weighted by molar-refractivity contribution is 5.94. The predicted molar refractivity (Wildman–Crippen MR) is 69.7 cm³/mol. The quantitative estimate of drug-likeness (QED) is 0.847. The molecule has 1 aliphatic heterocycles. The van der Waals surface area contributed by atoms with Crippen LogP contribution in [0.5, 0.6) is 0 Å². The fraction of sp³-hybridized carbons (Fsp3) is 0.143. The minimum atomic E-state index is -4.53. The number of anilines is 1. The molecule has 2 heterocycles. The average Bonchev–Trinajstić information content (AvgIpc) is 2.45. The summed E-state index contributed by atoms with van der Waals surface area (Å²) >= 11 is 0. The molecule has 2 aromatic rings. The van der Waals surface area contributed by atoms with Crippen molar-refractivity contribution in [3.05, 3.63) is 59.4 Å². The van der Waals surface area contributed by atoms with Crippen molar-refractivity contribution in [2.75, 3.05) is 5.32 Å². The zero-order chi connectivity index (χ0) is 15.0. The second kappa shape index (κ2) is 4.76. The van der Waals surface area contributed by atoms with Gasteiger partial charge < -0.3 is 10.6 Å². The molecule has 108 valence electrons. The van der Waals surface area contributed by atoms with Crippen LogP contribution in [0.15, 0.2) is 42.7 Å². The normalized spacial score (nSPS) is 17.7. The van der Waals surface area contributed by atoms with Crippen LogP contribution >= 0.6 is 0 Å². The number of amides is 2. The van der Waals surface area contributed by atoms with E-state index in [-0.39, 0.29) is 5.69 Å². The van der Waals surface area contributed by atoms with Gasteiger partial charge in [0.15, 0.2) is 0 Å². The van der Waals surface area contributed by atoms with Crippen LogP contribution in [-0.4, -0.2) is 11.0 Å². The predicted octanol–water partition coefficient (Wildman–Crippen LogP) is 3.32. The number of hydrogen-bond acceptors (Lipinski definition) is 2. The first-order chi connectivity index (χ1) is 9.97. The summed E-state index contributed by atoms with van der Waals surface area (Å²) in [5.74, 6) is 0. The maximum Gasteiger partial charge on any atom is 0.418 e. The van der Waals surface area contributed by atoms with E-state index < -0.39 is 23.8 Å². The van der Waals surface area contributed by atoms with Crippen LogP contribution in [0.2, 0.25) is 0 Å². The summed E-state index contributed by atoms with van der Waals surface area (Å²) in [5.41, 5.74) is -0.0134. The molecule has 1 unspecified atom stereocenters. The van der Waals surface area contributed by atoms with Crippen LogP contribution in [0.4, 0.5) is 23.7 Å². The van der Waals surface area contributed by atoms with Gasteiger partial charge in [0.1, 0.15) is 0 Å². The van der Waals surface area contributed by atoms with Crippen molar-refractivity contribution >= 4 is 11.7 Å². The Morgan fingerprint density at radius 1 is 1.10 bits per heavy atom. The first kappa shape index (κ1) is 13.4. The van der Waals surface area contributed by atoms with Crippen molar-refractivity contribution in [1.82, 2.24) is 10.3 Å². The Balaban J connectivity index is 2.16. The van der Waals surface area contributed by atoms with E-state index in [1.807, 2.05) is 0 Å². The molecule has 7 heteroatoms. The third-order valence-electron chi connectivity index (χ3n) is 3.27. The van der Waals surface area contributed by atoms with Gasteiger partial charge >= 0.3 is 12.2 Å². The Bertz CT molecular complexity index is 686. The van der Waals surface area contributed by atoms with Gasteiger partial charge in [-0.1, -0.05) is 12.1 Å². The average molecular weight is 293 g/mol.